The van der Waals surface area contributed by atoms with Gasteiger partial charge in [0.25, 0.3) is 0 Å². The molecule has 0 aromatic heterocycles. The molecule has 2 aliphatic rings. The van der Waals surface area contributed by atoms with Crippen LogP contribution in [0.15, 0.2) is 0 Å². The second kappa shape index (κ2) is 5.70. The average Bonchev–Trinajstić information content (AvgIpc) is 2.20. The molecule has 1 amide bonds. The Morgan fingerprint density at radius 1 is 1.21 bits per heavy atom. The molecule has 1 saturated carbocycles. The van der Waals surface area contributed by atoms with E-state index in [1.807, 2.05) is 20.8 Å². The van der Waals surface area contributed by atoms with Crippen molar-refractivity contribution in [3.05, 3.63) is 0 Å². The smallest absolute Gasteiger partial charge is 0.410 e. The Hall–Kier alpha value is -0.770. The number of ether oxygens (including phenoxy) is 1. The van der Waals surface area contributed by atoms with Gasteiger partial charge in [-0.1, -0.05) is 19.8 Å². The van der Waals surface area contributed by atoms with Crippen LogP contribution in [-0.2, 0) is 4.74 Å². The number of carbonyl (C=O) groups is 1. The molecule has 0 aromatic rings. The zero-order valence-electron chi connectivity index (χ0n) is 12.7. The molecule has 0 spiro atoms. The van der Waals surface area contributed by atoms with Gasteiger partial charge in [0.1, 0.15) is 5.60 Å². The maximum atomic E-state index is 11.8. The molecule has 1 N–H and O–H groups in total. The number of hydrogen-bond acceptors (Lipinski definition) is 3. The highest BCUT2D eigenvalue weighted by Crippen LogP contribution is 2.25. The van der Waals surface area contributed by atoms with E-state index in [0.717, 1.165) is 19.0 Å². The summed E-state index contributed by atoms with van der Waals surface area (Å²) in [5.74, 6) is 0.841. The zero-order chi connectivity index (χ0) is 14.0. The van der Waals surface area contributed by atoms with E-state index in [4.69, 9.17) is 4.74 Å². The van der Waals surface area contributed by atoms with Gasteiger partial charge in [0.15, 0.2) is 0 Å². The van der Waals surface area contributed by atoms with E-state index in [1.54, 1.807) is 4.90 Å². The molecule has 110 valence electrons. The summed E-state index contributed by atoms with van der Waals surface area (Å²) >= 11 is 0. The molecule has 2 unspecified atom stereocenters. The lowest BCUT2D eigenvalue weighted by atomic mass is 9.86. The molecule has 2 fully saturated rings. The van der Waals surface area contributed by atoms with E-state index in [1.165, 1.54) is 25.7 Å². The van der Waals surface area contributed by atoms with Crippen LogP contribution < -0.4 is 5.32 Å². The Kier molecular flexibility index (Phi) is 4.39. The van der Waals surface area contributed by atoms with Crippen molar-refractivity contribution in [1.29, 1.82) is 0 Å². The van der Waals surface area contributed by atoms with Crippen LogP contribution in [0.25, 0.3) is 0 Å². The van der Waals surface area contributed by atoms with Crippen LogP contribution in [0.3, 0.4) is 0 Å². The second-order valence-electron chi connectivity index (χ2n) is 7.22. The van der Waals surface area contributed by atoms with E-state index < -0.39 is 5.60 Å². The van der Waals surface area contributed by atoms with Crippen LogP contribution in [0.4, 0.5) is 4.79 Å². The number of carbonyl (C=O) groups excluding carboxylic acids is 1. The molecule has 4 nitrogen and oxygen atoms in total. The molecule has 0 aromatic carbocycles. The Balaban J connectivity index is 1.67. The quantitative estimate of drug-likeness (QED) is 0.837. The molecule has 0 bridgehead atoms. The molecule has 1 saturated heterocycles. The standard InChI is InChI=1S/C15H28N2O2/c1-11-6-5-7-12(8-11)16-13-9-17(10-13)14(18)19-15(2,3)4/h11-13,16H,5-10H2,1-4H3. The highest BCUT2D eigenvalue weighted by molar-refractivity contribution is 5.69. The molecule has 2 atom stereocenters. The third-order valence-corrected chi connectivity index (χ3v) is 3.94. The normalized spacial score (nSPS) is 28.9. The first-order valence-electron chi connectivity index (χ1n) is 7.57. The summed E-state index contributed by atoms with van der Waals surface area (Å²) in [5, 5.41) is 3.68. The minimum absolute atomic E-state index is 0.178. The predicted molar refractivity (Wildman–Crippen MR) is 76.2 cm³/mol. The van der Waals surface area contributed by atoms with Crippen LogP contribution in [0.5, 0.6) is 0 Å². The fourth-order valence-corrected chi connectivity index (χ4v) is 2.98. The van der Waals surface area contributed by atoms with E-state index in [0.29, 0.717) is 12.1 Å². The van der Waals surface area contributed by atoms with E-state index in [9.17, 15) is 4.79 Å². The summed E-state index contributed by atoms with van der Waals surface area (Å²) in [6.07, 6.45) is 5.09. The van der Waals surface area contributed by atoms with E-state index in [2.05, 4.69) is 12.2 Å². The molecule has 4 heteroatoms. The van der Waals surface area contributed by atoms with Gasteiger partial charge in [-0.15, -0.1) is 0 Å². The van der Waals surface area contributed by atoms with Gasteiger partial charge in [0, 0.05) is 25.2 Å². The number of amides is 1. The molecular weight excluding hydrogens is 240 g/mol. The third-order valence-electron chi connectivity index (χ3n) is 3.94. The van der Waals surface area contributed by atoms with E-state index in [-0.39, 0.29) is 6.09 Å². The van der Waals surface area contributed by atoms with Crippen LogP contribution in [-0.4, -0.2) is 41.8 Å². The summed E-state index contributed by atoms with van der Waals surface area (Å²) in [5.41, 5.74) is -0.394. The number of rotatable bonds is 2. The van der Waals surface area contributed by atoms with Crippen molar-refractivity contribution in [2.45, 2.75) is 71.1 Å². The number of nitrogens with one attached hydrogen (secondary N) is 1. The molecule has 1 aliphatic heterocycles. The van der Waals surface area contributed by atoms with Gasteiger partial charge < -0.3 is 15.0 Å². The van der Waals surface area contributed by atoms with Crippen molar-refractivity contribution in [1.82, 2.24) is 10.2 Å². The molecule has 1 heterocycles. The first-order valence-corrected chi connectivity index (χ1v) is 7.57. The zero-order valence-corrected chi connectivity index (χ0v) is 12.7. The Morgan fingerprint density at radius 2 is 1.89 bits per heavy atom. The van der Waals surface area contributed by atoms with Gasteiger partial charge in [0.05, 0.1) is 0 Å². The van der Waals surface area contributed by atoms with Crippen LogP contribution >= 0.6 is 0 Å². The van der Waals surface area contributed by atoms with Crippen molar-refractivity contribution in [3.63, 3.8) is 0 Å². The Bertz CT molecular complexity index is 319. The lowest BCUT2D eigenvalue weighted by molar-refractivity contribution is 0.00335. The van der Waals surface area contributed by atoms with Gasteiger partial charge in [-0.2, -0.15) is 0 Å². The van der Waals surface area contributed by atoms with Crippen LogP contribution in [0.1, 0.15) is 53.4 Å². The molecule has 1 aliphatic carbocycles. The SMILES string of the molecule is CC1CCCC(NC2CN(C(=O)OC(C)(C)C)C2)C1. The van der Waals surface area contributed by atoms with Crippen molar-refractivity contribution >= 4 is 6.09 Å². The van der Waals surface area contributed by atoms with Gasteiger partial charge in [0.2, 0.25) is 0 Å². The average molecular weight is 268 g/mol. The third kappa shape index (κ3) is 4.37. The summed E-state index contributed by atoms with van der Waals surface area (Å²) < 4.78 is 5.36. The highest BCUT2D eigenvalue weighted by atomic mass is 16.6. The fraction of sp³-hybridized carbons (Fsp3) is 0.933. The summed E-state index contributed by atoms with van der Waals surface area (Å²) in [6, 6.07) is 1.11. The summed E-state index contributed by atoms with van der Waals surface area (Å²) in [7, 11) is 0. The summed E-state index contributed by atoms with van der Waals surface area (Å²) in [4.78, 5) is 13.6. The van der Waals surface area contributed by atoms with Crippen molar-refractivity contribution in [2.24, 2.45) is 5.92 Å². The molecular formula is C15H28N2O2. The number of hydrogen-bond donors (Lipinski definition) is 1. The molecule has 0 radical (unpaired) electrons. The predicted octanol–water partition coefficient (Wildman–Crippen LogP) is 2.77. The number of nitrogens with zero attached hydrogens (tertiary/aromatic N) is 1. The van der Waals surface area contributed by atoms with Gasteiger partial charge in [-0.3, -0.25) is 0 Å². The monoisotopic (exact) mass is 268 g/mol. The van der Waals surface area contributed by atoms with Crippen LogP contribution in [0, 0.1) is 5.92 Å². The van der Waals surface area contributed by atoms with E-state index >= 15 is 0 Å². The summed E-state index contributed by atoms with van der Waals surface area (Å²) in [6.45, 7) is 9.64. The maximum absolute atomic E-state index is 11.8. The second-order valence-corrected chi connectivity index (χ2v) is 7.22. The van der Waals surface area contributed by atoms with Crippen molar-refractivity contribution in [2.75, 3.05) is 13.1 Å². The molecule has 19 heavy (non-hydrogen) atoms. The number of likely N-dealkylation sites (tertiary alicyclic amines) is 1. The van der Waals surface area contributed by atoms with Crippen LogP contribution in [0.2, 0.25) is 0 Å². The largest absolute Gasteiger partial charge is 0.444 e. The minimum atomic E-state index is -0.394. The topological polar surface area (TPSA) is 41.6 Å². The lowest BCUT2D eigenvalue weighted by Crippen LogP contribution is -2.62. The Morgan fingerprint density at radius 3 is 2.47 bits per heavy atom. The van der Waals surface area contributed by atoms with Gasteiger partial charge in [-0.05, 0) is 39.5 Å². The van der Waals surface area contributed by atoms with Gasteiger partial charge in [-0.25, -0.2) is 4.79 Å². The minimum Gasteiger partial charge on any atom is -0.444 e. The van der Waals surface area contributed by atoms with Crippen molar-refractivity contribution in [3.8, 4) is 0 Å². The molecule has 2 rings (SSSR count). The first-order chi connectivity index (χ1) is 8.83. The highest BCUT2D eigenvalue weighted by Gasteiger charge is 2.35. The van der Waals surface area contributed by atoms with Crippen molar-refractivity contribution < 1.29 is 9.53 Å². The van der Waals surface area contributed by atoms with Gasteiger partial charge >= 0.3 is 6.09 Å². The maximum Gasteiger partial charge on any atom is 0.410 e. The first kappa shape index (κ1) is 14.6. The lowest BCUT2D eigenvalue weighted by Gasteiger charge is -2.42. The Labute approximate surface area is 116 Å². The fourth-order valence-electron chi connectivity index (χ4n) is 2.98.